The Morgan fingerprint density at radius 1 is 0.211 bits per heavy atom. The molecule has 0 radical (unpaired) electrons. The first-order valence-corrected chi connectivity index (χ1v) is 36.5. The van der Waals surface area contributed by atoms with Crippen molar-refractivity contribution in [2.45, 2.75) is 0 Å². The predicted molar refractivity (Wildman–Crippen MR) is 401 cm³/mol. The Morgan fingerprint density at radius 2 is 0.589 bits per heavy atom. The van der Waals surface area contributed by atoms with Gasteiger partial charge in [-0.25, -0.2) is 0 Å². The van der Waals surface area contributed by atoms with Crippen molar-refractivity contribution in [1.82, 2.24) is 28.7 Å². The van der Waals surface area contributed by atoms with E-state index >= 15 is 0 Å². The fourth-order valence-corrected chi connectivity index (χ4v) is 25.1. The first-order chi connectivity index (χ1) is 47.1. The lowest BCUT2D eigenvalue weighted by Crippen LogP contribution is -2.74. The minimum Gasteiger partial charge on any atom is -0.309 e. The molecule has 0 atom stereocenters. The maximum absolute atomic E-state index is 5.89. The highest BCUT2D eigenvalue weighted by molar-refractivity contribution is 7.20. The number of para-hydroxylation sites is 4. The topological polar surface area (TPSA) is 53.5 Å². The molecule has 0 saturated carbocycles. The van der Waals surface area contributed by atoms with Gasteiger partial charge < -0.3 is 4.57 Å². The van der Waals surface area contributed by atoms with Crippen LogP contribution in [0.4, 0.5) is 0 Å². The third-order valence-corrected chi connectivity index (χ3v) is 29.2. The highest BCUT2D eigenvalue weighted by Gasteiger charge is 2.43. The molecule has 4 heterocycles. The molecule has 0 spiro atoms. The van der Waals surface area contributed by atoms with Crippen LogP contribution in [0.1, 0.15) is 0 Å². The van der Waals surface area contributed by atoms with Crippen molar-refractivity contribution in [3.05, 3.63) is 364 Å². The lowest BCUT2D eigenvalue weighted by Gasteiger charge is -2.34. The Hall–Kier alpha value is -12.1. The van der Waals surface area contributed by atoms with E-state index in [-0.39, 0.29) is 0 Å². The molecule has 0 N–H and O–H groups in total. The molecule has 14 aromatic carbocycles. The molecule has 95 heavy (non-hydrogen) atoms. The van der Waals surface area contributed by atoms with Gasteiger partial charge in [0.05, 0.1) is 33.1 Å². The summed E-state index contributed by atoms with van der Waals surface area (Å²) < 4.78 is 7.02. The smallest absolute Gasteiger partial charge is 0.240 e. The van der Waals surface area contributed by atoms with Gasteiger partial charge in [0.15, 0.2) is 22.0 Å². The molecule has 0 aliphatic rings. The van der Waals surface area contributed by atoms with Crippen LogP contribution in [-0.2, 0) is 0 Å². The molecule has 0 unspecified atom stereocenters. The summed E-state index contributed by atoms with van der Waals surface area (Å²) in [5.74, 6) is 1.59. The average molecular weight is 1250 g/mol. The molecule has 18 aromatic rings. The summed E-state index contributed by atoms with van der Waals surface area (Å²) >= 11 is 0. The van der Waals surface area contributed by atoms with Gasteiger partial charge in [0, 0.05) is 43.6 Å². The minimum absolute atomic E-state index is 0.517. The summed E-state index contributed by atoms with van der Waals surface area (Å²) in [6.45, 7) is 0. The maximum Gasteiger partial charge on any atom is 0.240 e. The third-order valence-electron chi connectivity index (χ3n) is 19.6. The van der Waals surface area contributed by atoms with Crippen molar-refractivity contribution in [1.29, 1.82) is 0 Å². The number of rotatable bonds is 13. The van der Waals surface area contributed by atoms with E-state index in [4.69, 9.17) is 15.0 Å². The van der Waals surface area contributed by atoms with E-state index in [0.717, 1.165) is 76.7 Å². The van der Waals surface area contributed by atoms with Gasteiger partial charge in [0.2, 0.25) is 11.9 Å². The van der Waals surface area contributed by atoms with Crippen molar-refractivity contribution in [2.75, 3.05) is 0 Å². The molecule has 6 nitrogen and oxygen atoms in total. The van der Waals surface area contributed by atoms with Gasteiger partial charge in [-0.1, -0.05) is 322 Å². The fraction of sp³-hybridized carbons (Fsp3) is 0. The second-order valence-electron chi connectivity index (χ2n) is 24.6. The van der Waals surface area contributed by atoms with Gasteiger partial charge in [0.1, 0.15) is 0 Å². The van der Waals surface area contributed by atoms with Crippen LogP contribution in [0.3, 0.4) is 0 Å². The van der Waals surface area contributed by atoms with E-state index in [1.807, 2.05) is 0 Å². The summed E-state index contributed by atoms with van der Waals surface area (Å²) in [6, 6.07) is 134. The standard InChI is InChI=1S/C87H60N6Si2/c1-8-29-61(30-9-1)63-31-28-44-71(59-63)95(68-40-18-6-19-41-68,69-42-20-7-21-43-69)70-53-51-62(52-54-70)85-88-86(90-87(89-85)93-79-49-26-23-46-74(79)76-57-58-81-83(84(76)93)77-47-24-27-50-80(77)91(81)64-32-10-2-11-33-64)92-78-48-25-22-45-73(78)75-56-55-72(60-82(75)92)94(65-34-12-3-13-35-65,66-36-14-4-15-37-66)67-38-16-5-17-39-67/h1-60H. The van der Waals surface area contributed by atoms with Gasteiger partial charge in [-0.05, 0) is 95.1 Å². The van der Waals surface area contributed by atoms with Crippen molar-refractivity contribution in [2.24, 2.45) is 0 Å². The second kappa shape index (κ2) is 22.9. The van der Waals surface area contributed by atoms with E-state index in [1.54, 1.807) is 0 Å². The van der Waals surface area contributed by atoms with Gasteiger partial charge in [-0.15, -0.1) is 0 Å². The molecule has 0 aliphatic heterocycles. The molecule has 4 aromatic heterocycles. The van der Waals surface area contributed by atoms with Crippen molar-refractivity contribution in [3.8, 4) is 40.1 Å². The highest BCUT2D eigenvalue weighted by Crippen LogP contribution is 2.42. The van der Waals surface area contributed by atoms with Crippen LogP contribution < -0.4 is 41.5 Å². The monoisotopic (exact) mass is 1240 g/mol. The van der Waals surface area contributed by atoms with Crippen molar-refractivity contribution < 1.29 is 0 Å². The number of hydrogen-bond acceptors (Lipinski definition) is 3. The van der Waals surface area contributed by atoms with Gasteiger partial charge in [0.25, 0.3) is 0 Å². The maximum atomic E-state index is 5.89. The molecule has 8 heteroatoms. The van der Waals surface area contributed by atoms with Gasteiger partial charge in [-0.3, -0.25) is 9.13 Å². The summed E-state index contributed by atoms with van der Waals surface area (Å²) in [7, 11) is -6.07. The van der Waals surface area contributed by atoms with E-state index in [1.165, 1.54) is 52.6 Å². The third kappa shape index (κ3) is 8.87. The first-order valence-electron chi connectivity index (χ1n) is 32.5. The van der Waals surface area contributed by atoms with E-state index in [0.29, 0.717) is 17.7 Å². The lowest BCUT2D eigenvalue weighted by atomic mass is 10.1. The van der Waals surface area contributed by atoms with Gasteiger partial charge >= 0.3 is 0 Å². The predicted octanol–water partition coefficient (Wildman–Crippen LogP) is 15.3. The minimum atomic E-state index is -3.05. The van der Waals surface area contributed by atoms with E-state index in [9.17, 15) is 0 Å². The largest absolute Gasteiger partial charge is 0.309 e. The van der Waals surface area contributed by atoms with Crippen LogP contribution in [0.5, 0.6) is 0 Å². The van der Waals surface area contributed by atoms with Crippen LogP contribution >= 0.6 is 0 Å². The number of hydrogen-bond donors (Lipinski definition) is 0. The number of benzene rings is 14. The first kappa shape index (κ1) is 55.7. The summed E-state index contributed by atoms with van der Waals surface area (Å²) in [5.41, 5.74) is 10.6. The van der Waals surface area contributed by atoms with Crippen molar-refractivity contribution >= 4 is 123 Å². The SMILES string of the molecule is c1ccc(-c2cccc([Si](c3ccccc3)(c3ccccc3)c3ccc(-c4nc(-n5c6ccccc6c6ccc([Si](c7ccccc7)(c7ccccc7)c7ccccc7)cc65)nc(-n5c6ccccc6c6ccc7c(c8ccccc8n7-c7ccccc7)c65)n4)cc3)c2)cc1. The normalized spacial score (nSPS) is 12.0. The second-order valence-corrected chi connectivity index (χ2v) is 32.2. The van der Waals surface area contributed by atoms with Gasteiger partial charge in [-0.2, -0.15) is 15.0 Å². The van der Waals surface area contributed by atoms with Crippen LogP contribution in [-0.4, -0.2) is 44.8 Å². The zero-order chi connectivity index (χ0) is 62.9. The zero-order valence-electron chi connectivity index (χ0n) is 51.8. The van der Waals surface area contributed by atoms with Crippen LogP contribution in [0, 0.1) is 0 Å². The summed E-state index contributed by atoms with van der Waals surface area (Å²) in [4.78, 5) is 17.5. The molecule has 0 amide bonds. The molecule has 446 valence electrons. The van der Waals surface area contributed by atoms with Crippen LogP contribution in [0.15, 0.2) is 364 Å². The molecular formula is C87H60N6Si2. The lowest BCUT2D eigenvalue weighted by molar-refractivity contribution is 0.894. The number of fused-ring (bicyclic) bond motifs is 10. The zero-order valence-corrected chi connectivity index (χ0v) is 53.8. The quantitative estimate of drug-likeness (QED) is 0.0854. The summed E-state index contributed by atoms with van der Waals surface area (Å²) in [6.07, 6.45) is 0. The Kier molecular flexibility index (Phi) is 13.5. The molecular weight excluding hydrogens is 1190 g/mol. The average Bonchev–Trinajstić information content (AvgIpc) is 1.63. The van der Waals surface area contributed by atoms with Crippen molar-refractivity contribution in [3.63, 3.8) is 0 Å². The Bertz CT molecular complexity index is 5740. The Balaban J connectivity index is 0.931. The highest BCUT2D eigenvalue weighted by atomic mass is 28.3. The Labute approximate surface area is 552 Å². The Morgan fingerprint density at radius 3 is 1.14 bits per heavy atom. The number of nitrogens with zero attached hydrogens (tertiary/aromatic N) is 6. The molecule has 18 rings (SSSR count). The summed E-state index contributed by atoms with van der Waals surface area (Å²) in [5, 5.41) is 17.0. The number of aromatic nitrogens is 6. The molecule has 0 aliphatic carbocycles. The van der Waals surface area contributed by atoms with Crippen LogP contribution in [0.2, 0.25) is 0 Å². The molecule has 0 saturated heterocycles. The molecule has 0 fully saturated rings. The van der Waals surface area contributed by atoms with E-state index in [2.05, 4.69) is 378 Å². The van der Waals surface area contributed by atoms with Crippen LogP contribution in [0.25, 0.3) is 106 Å². The van der Waals surface area contributed by atoms with E-state index < -0.39 is 16.1 Å². The molecule has 0 bridgehead atoms. The fourth-order valence-electron chi connectivity index (χ4n) is 15.5.